The molecule has 5 heterocycles. The van der Waals surface area contributed by atoms with Crippen molar-refractivity contribution < 1.29 is 4.79 Å². The number of likely N-dealkylation sites (N-methyl/N-ethyl adjacent to an activating group) is 1. The van der Waals surface area contributed by atoms with E-state index < -0.39 is 0 Å². The standard InChI is InChI=1S/C27H34N10O/c1-19(2)23-17-35(15-14-34-12-10-33(3)11-13-34)27(38)37(23)24-8-9-36-26(31-24)22(16-30-36)20-4-6-21(7-5-20)25-28-18-29-32-25/h4-9,16,18-19,23H,10-15,17H2,1-3H3,(H,28,29,32)/t23-/m1/s1. The van der Waals surface area contributed by atoms with Crippen LogP contribution < -0.4 is 4.90 Å². The van der Waals surface area contributed by atoms with Crippen LogP contribution in [-0.4, -0.2) is 109 Å². The number of nitrogens with one attached hydrogen (secondary N) is 1. The number of amides is 2. The molecule has 4 aromatic rings. The third-order valence-electron chi connectivity index (χ3n) is 7.75. The second-order valence-electron chi connectivity index (χ2n) is 10.6. The van der Waals surface area contributed by atoms with Crippen molar-refractivity contribution >= 4 is 17.5 Å². The number of piperazine rings is 1. The quantitative estimate of drug-likeness (QED) is 0.405. The highest BCUT2D eigenvalue weighted by Gasteiger charge is 2.40. The molecule has 38 heavy (non-hydrogen) atoms. The smallest absolute Gasteiger partial charge is 0.321 e. The second-order valence-corrected chi connectivity index (χ2v) is 10.6. The number of urea groups is 1. The van der Waals surface area contributed by atoms with Gasteiger partial charge in [-0.1, -0.05) is 38.1 Å². The number of carbonyl (C=O) groups is 1. The zero-order valence-corrected chi connectivity index (χ0v) is 22.2. The van der Waals surface area contributed by atoms with Gasteiger partial charge in [0.2, 0.25) is 0 Å². The van der Waals surface area contributed by atoms with Crippen LogP contribution in [0.1, 0.15) is 13.8 Å². The lowest BCUT2D eigenvalue weighted by atomic mass is 10.0. The summed E-state index contributed by atoms with van der Waals surface area (Å²) >= 11 is 0. The Hall–Kier alpha value is -3.83. The van der Waals surface area contributed by atoms with Gasteiger partial charge in [-0.3, -0.25) is 14.9 Å². The fourth-order valence-electron chi connectivity index (χ4n) is 5.33. The molecule has 1 atom stereocenters. The molecule has 1 aromatic carbocycles. The monoisotopic (exact) mass is 514 g/mol. The summed E-state index contributed by atoms with van der Waals surface area (Å²) in [7, 11) is 2.16. The fourth-order valence-corrected chi connectivity index (χ4v) is 5.33. The van der Waals surface area contributed by atoms with E-state index in [2.05, 4.69) is 51.0 Å². The van der Waals surface area contributed by atoms with Crippen molar-refractivity contribution in [2.45, 2.75) is 19.9 Å². The molecule has 2 amide bonds. The highest BCUT2D eigenvalue weighted by Crippen LogP contribution is 2.31. The molecule has 2 saturated heterocycles. The van der Waals surface area contributed by atoms with E-state index in [1.54, 1.807) is 4.52 Å². The van der Waals surface area contributed by atoms with Crippen LogP contribution in [-0.2, 0) is 0 Å². The number of H-pyrrole nitrogens is 1. The Labute approximate surface area is 222 Å². The van der Waals surface area contributed by atoms with E-state index in [4.69, 9.17) is 4.98 Å². The van der Waals surface area contributed by atoms with Gasteiger partial charge >= 0.3 is 6.03 Å². The van der Waals surface area contributed by atoms with Crippen LogP contribution >= 0.6 is 0 Å². The molecule has 0 spiro atoms. The predicted molar refractivity (Wildman–Crippen MR) is 146 cm³/mol. The van der Waals surface area contributed by atoms with E-state index in [9.17, 15) is 4.79 Å². The molecule has 0 aliphatic carbocycles. The zero-order valence-electron chi connectivity index (χ0n) is 22.2. The van der Waals surface area contributed by atoms with Gasteiger partial charge in [0.25, 0.3) is 0 Å². The Balaban J connectivity index is 1.25. The minimum absolute atomic E-state index is 0.0344. The Kier molecular flexibility index (Phi) is 6.54. The third-order valence-corrected chi connectivity index (χ3v) is 7.75. The first-order valence-electron chi connectivity index (χ1n) is 13.3. The molecular weight excluding hydrogens is 480 g/mol. The molecule has 1 N–H and O–H groups in total. The SMILES string of the molecule is CC(C)[C@H]1CN(CCN2CCN(C)CC2)C(=O)N1c1ccn2ncc(-c3ccc(-c4ncn[nH]4)cc3)c2n1. The van der Waals surface area contributed by atoms with Crippen LogP contribution in [0.3, 0.4) is 0 Å². The molecule has 198 valence electrons. The van der Waals surface area contributed by atoms with Crippen molar-refractivity contribution in [3.8, 4) is 22.5 Å². The summed E-state index contributed by atoms with van der Waals surface area (Å²) in [6, 6.07) is 10.1. The van der Waals surface area contributed by atoms with Crippen LogP contribution in [0.15, 0.2) is 49.1 Å². The molecule has 0 bridgehead atoms. The van der Waals surface area contributed by atoms with E-state index >= 15 is 0 Å². The van der Waals surface area contributed by atoms with Crippen molar-refractivity contribution in [1.82, 2.24) is 44.5 Å². The van der Waals surface area contributed by atoms with E-state index in [0.717, 1.165) is 67.4 Å². The minimum atomic E-state index is 0.0344. The van der Waals surface area contributed by atoms with Gasteiger partial charge in [0.1, 0.15) is 12.1 Å². The van der Waals surface area contributed by atoms with E-state index in [-0.39, 0.29) is 12.1 Å². The van der Waals surface area contributed by atoms with Gasteiger partial charge in [0.15, 0.2) is 11.5 Å². The Morgan fingerprint density at radius 2 is 1.79 bits per heavy atom. The van der Waals surface area contributed by atoms with Crippen LogP contribution in [0.5, 0.6) is 0 Å². The number of anilines is 1. The summed E-state index contributed by atoms with van der Waals surface area (Å²) in [5.74, 6) is 1.70. The number of aromatic amines is 1. The van der Waals surface area contributed by atoms with E-state index in [1.807, 2.05) is 52.5 Å². The van der Waals surface area contributed by atoms with E-state index in [0.29, 0.717) is 18.3 Å². The maximum atomic E-state index is 13.7. The Bertz CT molecular complexity index is 1390. The number of aromatic nitrogens is 6. The summed E-state index contributed by atoms with van der Waals surface area (Å²) in [6.45, 7) is 11.0. The van der Waals surface area contributed by atoms with Gasteiger partial charge in [0.05, 0.1) is 12.2 Å². The fraction of sp³-hybridized carbons (Fsp3) is 0.444. The van der Waals surface area contributed by atoms with Crippen molar-refractivity contribution in [2.24, 2.45) is 5.92 Å². The predicted octanol–water partition coefficient (Wildman–Crippen LogP) is 2.70. The maximum absolute atomic E-state index is 13.7. The summed E-state index contributed by atoms with van der Waals surface area (Å²) in [5, 5.41) is 11.3. The third kappa shape index (κ3) is 4.63. The van der Waals surface area contributed by atoms with E-state index in [1.165, 1.54) is 6.33 Å². The highest BCUT2D eigenvalue weighted by atomic mass is 16.2. The normalized spacial score (nSPS) is 19.4. The van der Waals surface area contributed by atoms with Crippen molar-refractivity contribution in [3.05, 3.63) is 49.1 Å². The molecule has 6 rings (SSSR count). The van der Waals surface area contributed by atoms with Gasteiger partial charge in [-0.15, -0.1) is 0 Å². The first kappa shape index (κ1) is 24.5. The number of rotatable bonds is 7. The number of benzene rings is 1. The van der Waals surface area contributed by atoms with Crippen LogP contribution in [0, 0.1) is 5.92 Å². The number of carbonyl (C=O) groups excluding carboxylic acids is 1. The second kappa shape index (κ2) is 10.1. The average molecular weight is 515 g/mol. The molecular formula is C27H34N10O. The van der Waals surface area contributed by atoms with Crippen molar-refractivity contribution in [3.63, 3.8) is 0 Å². The summed E-state index contributed by atoms with van der Waals surface area (Å²) < 4.78 is 1.76. The average Bonchev–Trinajstić information content (AvgIpc) is 3.67. The number of hydrogen-bond acceptors (Lipinski definition) is 7. The van der Waals surface area contributed by atoms with Crippen LogP contribution in [0.4, 0.5) is 10.6 Å². The molecule has 2 fully saturated rings. The molecule has 11 nitrogen and oxygen atoms in total. The highest BCUT2D eigenvalue weighted by molar-refractivity contribution is 5.94. The lowest BCUT2D eigenvalue weighted by Crippen LogP contribution is -2.47. The maximum Gasteiger partial charge on any atom is 0.326 e. The van der Waals surface area contributed by atoms with Crippen LogP contribution in [0.2, 0.25) is 0 Å². The van der Waals surface area contributed by atoms with Gasteiger partial charge in [-0.05, 0) is 24.6 Å². The molecule has 2 aliphatic rings. The Morgan fingerprint density at radius 1 is 1.03 bits per heavy atom. The molecule has 11 heteroatoms. The molecule has 3 aromatic heterocycles. The first-order valence-corrected chi connectivity index (χ1v) is 13.3. The van der Waals surface area contributed by atoms with Gasteiger partial charge < -0.3 is 9.80 Å². The first-order chi connectivity index (χ1) is 18.5. The summed E-state index contributed by atoms with van der Waals surface area (Å²) in [4.78, 5) is 31.6. The van der Waals surface area contributed by atoms with Crippen molar-refractivity contribution in [1.29, 1.82) is 0 Å². The van der Waals surface area contributed by atoms with Crippen LogP contribution in [0.25, 0.3) is 28.2 Å². The minimum Gasteiger partial charge on any atom is -0.321 e. The summed E-state index contributed by atoms with van der Waals surface area (Å²) in [5.41, 5.74) is 3.59. The lowest BCUT2D eigenvalue weighted by Gasteiger charge is -2.33. The molecule has 0 saturated carbocycles. The topological polar surface area (TPSA) is 102 Å². The number of fused-ring (bicyclic) bond motifs is 1. The summed E-state index contributed by atoms with van der Waals surface area (Å²) in [6.07, 6.45) is 5.21. The van der Waals surface area contributed by atoms with Crippen molar-refractivity contribution in [2.75, 3.05) is 57.8 Å². The number of nitrogens with zero attached hydrogens (tertiary/aromatic N) is 9. The van der Waals surface area contributed by atoms with Gasteiger partial charge in [0, 0.05) is 63.1 Å². The lowest BCUT2D eigenvalue weighted by molar-refractivity contribution is 0.142. The molecule has 0 radical (unpaired) electrons. The largest absolute Gasteiger partial charge is 0.326 e. The Morgan fingerprint density at radius 3 is 2.50 bits per heavy atom. The molecule has 2 aliphatic heterocycles. The van der Waals surface area contributed by atoms with Gasteiger partial charge in [-0.2, -0.15) is 10.2 Å². The zero-order chi connectivity index (χ0) is 26.2. The molecule has 0 unspecified atom stereocenters. The van der Waals surface area contributed by atoms with Gasteiger partial charge in [-0.25, -0.2) is 19.3 Å². The number of hydrogen-bond donors (Lipinski definition) is 1.